The molecule has 5 heteroatoms. The molecule has 4 nitrogen and oxygen atoms in total. The minimum Gasteiger partial charge on any atom is -0.392 e. The third-order valence-electron chi connectivity index (χ3n) is 3.26. The Morgan fingerprint density at radius 2 is 2.05 bits per heavy atom. The standard InChI is InChI=1S/C16H19FN2O2/c17-15-6-5-13(10-14(15)12-20)11-18-16(21)4-3-9-19-7-1-2-8-19/h1-2,5-8,10,20H,3-4,9,11-12H2,(H,18,21). The highest BCUT2D eigenvalue weighted by Gasteiger charge is 2.05. The second-order valence-electron chi connectivity index (χ2n) is 4.89. The van der Waals surface area contributed by atoms with Crippen LogP contribution in [-0.2, 0) is 24.5 Å². The van der Waals surface area contributed by atoms with Crippen LogP contribution in [-0.4, -0.2) is 15.6 Å². The van der Waals surface area contributed by atoms with E-state index in [2.05, 4.69) is 5.32 Å². The van der Waals surface area contributed by atoms with Crippen molar-refractivity contribution < 1.29 is 14.3 Å². The van der Waals surface area contributed by atoms with E-state index in [9.17, 15) is 9.18 Å². The van der Waals surface area contributed by atoms with Crippen molar-refractivity contribution in [3.63, 3.8) is 0 Å². The van der Waals surface area contributed by atoms with Crippen LogP contribution in [0.2, 0.25) is 0 Å². The molecule has 0 saturated carbocycles. The van der Waals surface area contributed by atoms with E-state index in [-0.39, 0.29) is 18.1 Å². The molecule has 1 heterocycles. The predicted octanol–water partition coefficient (Wildman–Crippen LogP) is 2.22. The van der Waals surface area contributed by atoms with Crippen molar-refractivity contribution >= 4 is 5.91 Å². The summed E-state index contributed by atoms with van der Waals surface area (Å²) in [7, 11) is 0. The van der Waals surface area contributed by atoms with Gasteiger partial charge in [0.05, 0.1) is 6.61 Å². The number of aryl methyl sites for hydroxylation is 1. The van der Waals surface area contributed by atoms with E-state index >= 15 is 0 Å². The van der Waals surface area contributed by atoms with Crippen LogP contribution in [0.15, 0.2) is 42.7 Å². The number of rotatable bonds is 7. The Balaban J connectivity index is 1.73. The number of amides is 1. The first kappa shape index (κ1) is 15.3. The highest BCUT2D eigenvalue weighted by Crippen LogP contribution is 2.10. The van der Waals surface area contributed by atoms with E-state index < -0.39 is 5.82 Å². The Kier molecular flexibility index (Phi) is 5.51. The molecule has 0 atom stereocenters. The molecular formula is C16H19FN2O2. The van der Waals surface area contributed by atoms with Gasteiger partial charge in [0.25, 0.3) is 0 Å². The van der Waals surface area contributed by atoms with Crippen molar-refractivity contribution in [2.75, 3.05) is 0 Å². The summed E-state index contributed by atoms with van der Waals surface area (Å²) in [6.45, 7) is 0.811. The zero-order chi connectivity index (χ0) is 15.1. The smallest absolute Gasteiger partial charge is 0.220 e. The van der Waals surface area contributed by atoms with Crippen LogP contribution in [0, 0.1) is 5.82 Å². The van der Waals surface area contributed by atoms with Crippen LogP contribution in [0.1, 0.15) is 24.0 Å². The van der Waals surface area contributed by atoms with Crippen LogP contribution >= 0.6 is 0 Å². The molecule has 112 valence electrons. The van der Waals surface area contributed by atoms with Gasteiger partial charge in [0, 0.05) is 37.5 Å². The molecule has 1 aromatic heterocycles. The minimum atomic E-state index is -0.431. The second kappa shape index (κ2) is 7.59. The lowest BCUT2D eigenvalue weighted by Gasteiger charge is -2.08. The number of aromatic nitrogens is 1. The first-order chi connectivity index (χ1) is 10.2. The van der Waals surface area contributed by atoms with Crippen molar-refractivity contribution in [1.29, 1.82) is 0 Å². The molecule has 2 N–H and O–H groups in total. The molecule has 0 aliphatic rings. The van der Waals surface area contributed by atoms with Crippen molar-refractivity contribution in [2.45, 2.75) is 32.5 Å². The van der Waals surface area contributed by atoms with E-state index in [0.717, 1.165) is 18.5 Å². The summed E-state index contributed by atoms with van der Waals surface area (Å²) in [4.78, 5) is 11.7. The third-order valence-corrected chi connectivity index (χ3v) is 3.26. The van der Waals surface area contributed by atoms with Gasteiger partial charge >= 0.3 is 0 Å². The molecule has 21 heavy (non-hydrogen) atoms. The normalized spacial score (nSPS) is 10.6. The fourth-order valence-electron chi connectivity index (χ4n) is 2.09. The number of hydrogen-bond donors (Lipinski definition) is 2. The number of nitrogens with zero attached hydrogens (tertiary/aromatic N) is 1. The molecule has 0 aliphatic heterocycles. The Labute approximate surface area is 123 Å². The van der Waals surface area contributed by atoms with Gasteiger partial charge in [-0.25, -0.2) is 4.39 Å². The molecule has 0 unspecified atom stereocenters. The molecular weight excluding hydrogens is 271 g/mol. The Bertz CT molecular complexity index is 582. The summed E-state index contributed by atoms with van der Waals surface area (Å²) in [6.07, 6.45) is 5.15. The number of benzene rings is 1. The molecule has 0 saturated heterocycles. The molecule has 0 bridgehead atoms. The highest BCUT2D eigenvalue weighted by molar-refractivity contribution is 5.75. The van der Waals surface area contributed by atoms with E-state index in [1.165, 1.54) is 6.07 Å². The summed E-state index contributed by atoms with van der Waals surface area (Å²) in [6, 6.07) is 8.38. The van der Waals surface area contributed by atoms with Gasteiger partial charge in [-0.3, -0.25) is 4.79 Å². The van der Waals surface area contributed by atoms with Crippen molar-refractivity contribution in [3.8, 4) is 0 Å². The van der Waals surface area contributed by atoms with Gasteiger partial charge in [-0.05, 0) is 36.2 Å². The summed E-state index contributed by atoms with van der Waals surface area (Å²) in [5.41, 5.74) is 1.02. The monoisotopic (exact) mass is 290 g/mol. The van der Waals surface area contributed by atoms with Gasteiger partial charge in [0.15, 0.2) is 0 Å². The van der Waals surface area contributed by atoms with Gasteiger partial charge in [-0.15, -0.1) is 0 Å². The van der Waals surface area contributed by atoms with E-state index in [0.29, 0.717) is 13.0 Å². The average Bonchev–Trinajstić information content (AvgIpc) is 2.99. The second-order valence-corrected chi connectivity index (χ2v) is 4.89. The predicted molar refractivity (Wildman–Crippen MR) is 77.8 cm³/mol. The molecule has 0 spiro atoms. The Morgan fingerprint density at radius 3 is 2.76 bits per heavy atom. The summed E-state index contributed by atoms with van der Waals surface area (Å²) >= 11 is 0. The quantitative estimate of drug-likeness (QED) is 0.821. The Hall–Kier alpha value is -2.14. The highest BCUT2D eigenvalue weighted by atomic mass is 19.1. The van der Waals surface area contributed by atoms with Gasteiger partial charge in [0.2, 0.25) is 5.91 Å². The summed E-state index contributed by atoms with van der Waals surface area (Å²) in [5, 5.41) is 11.8. The largest absolute Gasteiger partial charge is 0.392 e. The third kappa shape index (κ3) is 4.72. The number of carbonyl (C=O) groups is 1. The maximum Gasteiger partial charge on any atom is 0.220 e. The molecule has 0 aliphatic carbocycles. The number of halogens is 1. The van der Waals surface area contributed by atoms with E-state index in [1.54, 1.807) is 12.1 Å². The average molecular weight is 290 g/mol. The van der Waals surface area contributed by atoms with Crippen molar-refractivity contribution in [2.24, 2.45) is 0 Å². The van der Waals surface area contributed by atoms with Crippen LogP contribution in [0.5, 0.6) is 0 Å². The zero-order valence-corrected chi connectivity index (χ0v) is 11.8. The number of carbonyl (C=O) groups excluding carboxylic acids is 1. The molecule has 1 amide bonds. The minimum absolute atomic E-state index is 0.0305. The fraction of sp³-hybridized carbons (Fsp3) is 0.312. The fourth-order valence-corrected chi connectivity index (χ4v) is 2.09. The molecule has 0 radical (unpaired) electrons. The van der Waals surface area contributed by atoms with Gasteiger partial charge in [-0.1, -0.05) is 6.07 Å². The maximum absolute atomic E-state index is 13.2. The first-order valence-electron chi connectivity index (χ1n) is 6.94. The van der Waals surface area contributed by atoms with Crippen molar-refractivity contribution in [1.82, 2.24) is 9.88 Å². The topological polar surface area (TPSA) is 54.3 Å². The number of aliphatic hydroxyl groups is 1. The van der Waals surface area contributed by atoms with Crippen LogP contribution in [0.25, 0.3) is 0 Å². The maximum atomic E-state index is 13.2. The van der Waals surface area contributed by atoms with Crippen LogP contribution in [0.4, 0.5) is 4.39 Å². The zero-order valence-electron chi connectivity index (χ0n) is 11.8. The number of nitrogens with one attached hydrogen (secondary N) is 1. The Morgan fingerprint density at radius 1 is 1.29 bits per heavy atom. The lowest BCUT2D eigenvalue weighted by Crippen LogP contribution is -2.22. The summed E-state index contributed by atoms with van der Waals surface area (Å²) < 4.78 is 15.2. The first-order valence-corrected chi connectivity index (χ1v) is 6.94. The van der Waals surface area contributed by atoms with Crippen LogP contribution in [0.3, 0.4) is 0 Å². The molecule has 2 rings (SSSR count). The van der Waals surface area contributed by atoms with Gasteiger partial charge in [-0.2, -0.15) is 0 Å². The van der Waals surface area contributed by atoms with Gasteiger partial charge in [0.1, 0.15) is 5.82 Å². The van der Waals surface area contributed by atoms with Gasteiger partial charge < -0.3 is 15.0 Å². The lowest BCUT2D eigenvalue weighted by molar-refractivity contribution is -0.121. The lowest BCUT2D eigenvalue weighted by atomic mass is 10.1. The molecule has 2 aromatic rings. The molecule has 1 aromatic carbocycles. The summed E-state index contributed by atoms with van der Waals surface area (Å²) in [5.74, 6) is -0.462. The van der Waals surface area contributed by atoms with Crippen molar-refractivity contribution in [3.05, 3.63) is 59.7 Å². The van der Waals surface area contributed by atoms with Crippen LogP contribution < -0.4 is 5.32 Å². The SMILES string of the molecule is O=C(CCCn1cccc1)NCc1ccc(F)c(CO)c1. The number of hydrogen-bond acceptors (Lipinski definition) is 2. The molecule has 0 fully saturated rings. The number of aliphatic hydroxyl groups excluding tert-OH is 1. The van der Waals surface area contributed by atoms with E-state index in [1.807, 2.05) is 29.1 Å². The van der Waals surface area contributed by atoms with E-state index in [4.69, 9.17) is 5.11 Å².